The maximum atomic E-state index is 12.3. The van der Waals surface area contributed by atoms with E-state index in [1.54, 1.807) is 24.3 Å². The van der Waals surface area contributed by atoms with Gasteiger partial charge in [0.1, 0.15) is 6.33 Å². The van der Waals surface area contributed by atoms with Crippen molar-refractivity contribution in [3.63, 3.8) is 0 Å². The normalized spacial score (nSPS) is 13.8. The van der Waals surface area contributed by atoms with E-state index in [1.165, 1.54) is 11.0 Å². The second-order valence-corrected chi connectivity index (χ2v) is 5.92. The number of tetrazole rings is 1. The van der Waals surface area contributed by atoms with Crippen LogP contribution in [0.5, 0.6) is 0 Å². The molecule has 1 aliphatic carbocycles. The molecule has 10 heteroatoms. The Morgan fingerprint density at radius 1 is 1.33 bits per heavy atom. The Morgan fingerprint density at radius 3 is 2.79 bits per heavy atom. The molecule has 0 aliphatic heterocycles. The standard InChI is InChI=1S/C14H14N8OS/c23-13(9-1-3-10(4-2-9)21-8-16-19-20-21)15-7-12-17-18-14(24)22(12)11-5-6-11/h1-4,8,11H,5-7H2,(H,15,23)(H,18,24). The molecule has 122 valence electrons. The molecule has 2 heterocycles. The second-order valence-electron chi connectivity index (χ2n) is 5.53. The van der Waals surface area contributed by atoms with E-state index in [4.69, 9.17) is 12.2 Å². The first-order valence-electron chi connectivity index (χ1n) is 7.50. The third kappa shape index (κ3) is 2.83. The van der Waals surface area contributed by atoms with Crippen LogP contribution in [-0.2, 0) is 6.54 Å². The number of hydrogen-bond donors (Lipinski definition) is 2. The Bertz CT molecular complexity index is 907. The van der Waals surface area contributed by atoms with Gasteiger partial charge < -0.3 is 5.32 Å². The molecule has 0 radical (unpaired) electrons. The summed E-state index contributed by atoms with van der Waals surface area (Å²) in [5.41, 5.74) is 1.34. The third-order valence-corrected chi connectivity index (χ3v) is 4.13. The van der Waals surface area contributed by atoms with E-state index in [2.05, 4.69) is 31.0 Å². The molecule has 1 aliphatic rings. The monoisotopic (exact) mass is 342 g/mol. The van der Waals surface area contributed by atoms with E-state index in [0.29, 0.717) is 22.9 Å². The number of nitrogens with zero attached hydrogens (tertiary/aromatic N) is 6. The molecule has 1 amide bonds. The lowest BCUT2D eigenvalue weighted by Crippen LogP contribution is -2.24. The average molecular weight is 342 g/mol. The molecule has 9 nitrogen and oxygen atoms in total. The number of nitrogens with one attached hydrogen (secondary N) is 2. The Hall–Kier alpha value is -2.88. The van der Waals surface area contributed by atoms with Gasteiger partial charge in [-0.05, 0) is 59.8 Å². The Kier molecular flexibility index (Phi) is 3.65. The van der Waals surface area contributed by atoms with Crippen LogP contribution >= 0.6 is 12.2 Å². The lowest BCUT2D eigenvalue weighted by atomic mass is 10.2. The van der Waals surface area contributed by atoms with Crippen LogP contribution in [0.2, 0.25) is 0 Å². The van der Waals surface area contributed by atoms with E-state index in [9.17, 15) is 4.79 Å². The minimum absolute atomic E-state index is 0.172. The number of H-pyrrole nitrogens is 1. The summed E-state index contributed by atoms with van der Waals surface area (Å²) in [5, 5.41) is 20.8. The summed E-state index contributed by atoms with van der Waals surface area (Å²) in [5.74, 6) is 0.579. The summed E-state index contributed by atoms with van der Waals surface area (Å²) >= 11 is 5.23. The van der Waals surface area contributed by atoms with Gasteiger partial charge in [0, 0.05) is 11.6 Å². The largest absolute Gasteiger partial charge is 0.345 e. The van der Waals surface area contributed by atoms with E-state index >= 15 is 0 Å². The predicted molar refractivity (Wildman–Crippen MR) is 86.0 cm³/mol. The minimum atomic E-state index is -0.172. The fourth-order valence-corrected chi connectivity index (χ4v) is 2.78. The Balaban J connectivity index is 1.44. The molecular formula is C14H14N8OS. The van der Waals surface area contributed by atoms with Crippen LogP contribution in [0.15, 0.2) is 30.6 Å². The van der Waals surface area contributed by atoms with Crippen molar-refractivity contribution in [1.29, 1.82) is 0 Å². The average Bonchev–Trinajstić information content (AvgIpc) is 3.15. The predicted octanol–water partition coefficient (Wildman–Crippen LogP) is 1.18. The molecule has 0 bridgehead atoms. The molecule has 24 heavy (non-hydrogen) atoms. The van der Waals surface area contributed by atoms with Crippen LogP contribution in [0.4, 0.5) is 0 Å². The number of rotatable bonds is 5. The highest BCUT2D eigenvalue weighted by molar-refractivity contribution is 7.71. The molecule has 2 aromatic heterocycles. The number of hydrogen-bond acceptors (Lipinski definition) is 6. The number of benzene rings is 1. The number of aromatic nitrogens is 7. The second kappa shape index (κ2) is 5.96. The number of aromatic amines is 1. The first-order chi connectivity index (χ1) is 11.7. The van der Waals surface area contributed by atoms with Gasteiger partial charge in [-0.3, -0.25) is 14.5 Å². The van der Waals surface area contributed by atoms with E-state index < -0.39 is 0 Å². The molecular weight excluding hydrogens is 328 g/mol. The number of carbonyl (C=O) groups is 1. The molecule has 1 aromatic carbocycles. The van der Waals surface area contributed by atoms with Gasteiger partial charge in [-0.2, -0.15) is 5.10 Å². The van der Waals surface area contributed by atoms with Gasteiger partial charge in [0.15, 0.2) is 10.6 Å². The Labute approximate surface area is 141 Å². The minimum Gasteiger partial charge on any atom is -0.345 e. The molecule has 2 N–H and O–H groups in total. The van der Waals surface area contributed by atoms with Crippen molar-refractivity contribution in [2.75, 3.05) is 0 Å². The highest BCUT2D eigenvalue weighted by Crippen LogP contribution is 2.35. The highest BCUT2D eigenvalue weighted by Gasteiger charge is 2.27. The van der Waals surface area contributed by atoms with Crippen molar-refractivity contribution in [1.82, 2.24) is 40.3 Å². The van der Waals surface area contributed by atoms with Crippen LogP contribution in [0.3, 0.4) is 0 Å². The SMILES string of the molecule is O=C(NCc1n[nH]c(=S)n1C1CC1)c1ccc(-n2cnnn2)cc1. The smallest absolute Gasteiger partial charge is 0.251 e. The van der Waals surface area contributed by atoms with Crippen LogP contribution in [0.25, 0.3) is 5.69 Å². The van der Waals surface area contributed by atoms with Gasteiger partial charge in [-0.1, -0.05) is 0 Å². The van der Waals surface area contributed by atoms with Crippen molar-refractivity contribution in [3.8, 4) is 5.69 Å². The summed E-state index contributed by atoms with van der Waals surface area (Å²) in [4.78, 5) is 12.3. The summed E-state index contributed by atoms with van der Waals surface area (Å²) in [7, 11) is 0. The topological polar surface area (TPSA) is 106 Å². The number of carbonyl (C=O) groups excluding carboxylic acids is 1. The van der Waals surface area contributed by atoms with Crippen LogP contribution in [0, 0.1) is 4.77 Å². The molecule has 4 rings (SSSR count). The van der Waals surface area contributed by atoms with Gasteiger partial charge in [0.25, 0.3) is 5.91 Å². The van der Waals surface area contributed by atoms with Gasteiger partial charge in [-0.25, -0.2) is 4.68 Å². The summed E-state index contributed by atoms with van der Waals surface area (Å²) in [6.07, 6.45) is 3.70. The zero-order valence-electron chi connectivity index (χ0n) is 12.6. The third-order valence-electron chi connectivity index (χ3n) is 3.84. The quantitative estimate of drug-likeness (QED) is 0.675. The van der Waals surface area contributed by atoms with E-state index in [1.807, 2.05) is 4.57 Å². The lowest BCUT2D eigenvalue weighted by Gasteiger charge is -2.07. The molecule has 1 fully saturated rings. The highest BCUT2D eigenvalue weighted by atomic mass is 32.1. The van der Waals surface area contributed by atoms with E-state index in [0.717, 1.165) is 24.4 Å². The first-order valence-corrected chi connectivity index (χ1v) is 7.90. The molecule has 0 unspecified atom stereocenters. The summed E-state index contributed by atoms with van der Waals surface area (Å²) < 4.78 is 4.11. The van der Waals surface area contributed by atoms with Crippen LogP contribution in [-0.4, -0.2) is 40.9 Å². The molecule has 1 saturated carbocycles. The lowest BCUT2D eigenvalue weighted by molar-refractivity contribution is 0.0949. The van der Waals surface area contributed by atoms with Gasteiger partial charge in [0.2, 0.25) is 0 Å². The van der Waals surface area contributed by atoms with Gasteiger partial charge >= 0.3 is 0 Å². The van der Waals surface area contributed by atoms with Gasteiger partial charge in [0.05, 0.1) is 12.2 Å². The molecule has 0 atom stereocenters. The van der Waals surface area contributed by atoms with Crippen LogP contribution in [0.1, 0.15) is 35.1 Å². The zero-order valence-corrected chi connectivity index (χ0v) is 13.4. The molecule has 0 saturated heterocycles. The van der Waals surface area contributed by atoms with E-state index in [-0.39, 0.29) is 5.91 Å². The maximum absolute atomic E-state index is 12.3. The van der Waals surface area contributed by atoms with Crippen molar-refractivity contribution in [3.05, 3.63) is 46.8 Å². The van der Waals surface area contributed by atoms with Gasteiger partial charge in [-0.15, -0.1) is 5.10 Å². The fourth-order valence-electron chi connectivity index (χ4n) is 2.48. The van der Waals surface area contributed by atoms with Crippen molar-refractivity contribution >= 4 is 18.1 Å². The zero-order chi connectivity index (χ0) is 16.5. The fraction of sp³-hybridized carbons (Fsp3) is 0.286. The first kappa shape index (κ1) is 14.7. The molecule has 3 aromatic rings. The van der Waals surface area contributed by atoms with Crippen molar-refractivity contribution in [2.24, 2.45) is 0 Å². The maximum Gasteiger partial charge on any atom is 0.251 e. The van der Waals surface area contributed by atoms with Crippen molar-refractivity contribution < 1.29 is 4.79 Å². The van der Waals surface area contributed by atoms with Crippen LogP contribution < -0.4 is 5.32 Å². The van der Waals surface area contributed by atoms with Crippen molar-refractivity contribution in [2.45, 2.75) is 25.4 Å². The summed E-state index contributed by atoms with van der Waals surface area (Å²) in [6, 6.07) is 7.44. The molecule has 0 spiro atoms. The number of amides is 1. The summed E-state index contributed by atoms with van der Waals surface area (Å²) in [6.45, 7) is 0.331. The Morgan fingerprint density at radius 2 is 2.12 bits per heavy atom.